The van der Waals surface area contributed by atoms with E-state index in [1.54, 1.807) is 12.3 Å². The van der Waals surface area contributed by atoms with Gasteiger partial charge in [-0.2, -0.15) is 9.78 Å². The Labute approximate surface area is 191 Å². The number of fused-ring (bicyclic) bond motifs is 1. The first-order valence-corrected chi connectivity index (χ1v) is 10.7. The fourth-order valence-corrected chi connectivity index (χ4v) is 3.55. The smallest absolute Gasteiger partial charge is 0.282 e. The molecule has 0 aliphatic rings. The van der Waals surface area contributed by atoms with Crippen LogP contribution in [-0.2, 0) is 6.61 Å². The lowest BCUT2D eigenvalue weighted by Crippen LogP contribution is -2.20. The summed E-state index contributed by atoms with van der Waals surface area (Å²) in [6, 6.07) is 34.5. The highest BCUT2D eigenvalue weighted by atomic mass is 16.5. The van der Waals surface area contributed by atoms with Gasteiger partial charge in [-0.15, -0.1) is 0 Å². The highest BCUT2D eigenvalue weighted by Crippen LogP contribution is 2.19. The van der Waals surface area contributed by atoms with Gasteiger partial charge in [0.25, 0.3) is 5.56 Å². The number of ether oxygens (including phenoxy) is 1. The Bertz CT molecular complexity index is 1480. The number of aromatic nitrogens is 2. The third kappa shape index (κ3) is 4.57. The van der Waals surface area contributed by atoms with Crippen molar-refractivity contribution < 1.29 is 4.74 Å². The van der Waals surface area contributed by atoms with Gasteiger partial charge in [0.05, 0.1) is 17.1 Å². The first kappa shape index (κ1) is 20.4. The van der Waals surface area contributed by atoms with Crippen molar-refractivity contribution >= 4 is 17.1 Å². The van der Waals surface area contributed by atoms with E-state index in [1.165, 1.54) is 4.68 Å². The number of hydrogen-bond acceptors (Lipinski definition) is 4. The van der Waals surface area contributed by atoms with Crippen LogP contribution in [0.15, 0.2) is 119 Å². The van der Waals surface area contributed by atoms with Crippen molar-refractivity contribution in [3.8, 4) is 17.1 Å². The minimum Gasteiger partial charge on any atom is -0.489 e. The minimum absolute atomic E-state index is 0.216. The van der Waals surface area contributed by atoms with Gasteiger partial charge in [-0.1, -0.05) is 84.9 Å². The molecule has 5 aromatic rings. The van der Waals surface area contributed by atoms with E-state index in [-0.39, 0.29) is 5.56 Å². The second-order valence-electron chi connectivity index (χ2n) is 7.53. The van der Waals surface area contributed by atoms with Crippen molar-refractivity contribution in [2.75, 3.05) is 0 Å². The Hall–Kier alpha value is -4.51. The molecule has 0 saturated heterocycles. The molecule has 0 radical (unpaired) electrons. The fourth-order valence-electron chi connectivity index (χ4n) is 3.55. The van der Waals surface area contributed by atoms with Gasteiger partial charge >= 0.3 is 0 Å². The fraction of sp³-hybridized carbons (Fsp3) is 0.0357. The molecule has 5 nitrogen and oxygen atoms in total. The molecule has 0 fully saturated rings. The average Bonchev–Trinajstić information content (AvgIpc) is 2.88. The molecule has 0 amide bonds. The maximum Gasteiger partial charge on any atom is 0.282 e. The van der Waals surface area contributed by atoms with Crippen LogP contribution in [0.4, 0.5) is 0 Å². The van der Waals surface area contributed by atoms with E-state index in [9.17, 15) is 4.79 Å². The lowest BCUT2D eigenvalue weighted by molar-refractivity contribution is 0.306. The first-order chi connectivity index (χ1) is 16.3. The van der Waals surface area contributed by atoms with Crippen LogP contribution in [-0.4, -0.2) is 15.9 Å². The molecule has 1 heterocycles. The molecule has 0 bridgehead atoms. The molecule has 0 unspecified atom stereocenters. The van der Waals surface area contributed by atoms with Crippen molar-refractivity contribution in [2.24, 2.45) is 5.10 Å². The molecule has 0 saturated carbocycles. The molecular formula is C28H21N3O2. The number of para-hydroxylation sites is 1. The van der Waals surface area contributed by atoms with Crippen molar-refractivity contribution in [1.29, 1.82) is 0 Å². The maximum absolute atomic E-state index is 13.3. The van der Waals surface area contributed by atoms with Crippen molar-refractivity contribution in [3.63, 3.8) is 0 Å². The maximum atomic E-state index is 13.3. The summed E-state index contributed by atoms with van der Waals surface area (Å²) < 4.78 is 7.27. The summed E-state index contributed by atoms with van der Waals surface area (Å²) in [5.41, 5.74) is 3.16. The SMILES string of the molecule is O=c1c2ccccc2nc(-c2ccccc2)n1N=Cc1cccc(OCc2ccccc2)c1. The first-order valence-electron chi connectivity index (χ1n) is 10.7. The lowest BCUT2D eigenvalue weighted by Gasteiger charge is -2.09. The second kappa shape index (κ2) is 9.32. The van der Waals surface area contributed by atoms with Gasteiger partial charge in [-0.25, -0.2) is 4.98 Å². The Morgan fingerprint density at radius 1 is 0.818 bits per heavy atom. The Kier molecular flexibility index (Phi) is 5.76. The molecule has 33 heavy (non-hydrogen) atoms. The van der Waals surface area contributed by atoms with Gasteiger partial charge in [0.15, 0.2) is 5.82 Å². The van der Waals surface area contributed by atoms with Crippen LogP contribution in [0.25, 0.3) is 22.3 Å². The standard InChI is InChI=1S/C28H21N3O2/c32-28-25-16-7-8-17-26(25)30-27(23-13-5-2-6-14-23)31(28)29-19-22-12-9-15-24(18-22)33-20-21-10-3-1-4-11-21/h1-19H,20H2. The van der Waals surface area contributed by atoms with Gasteiger partial charge in [0.2, 0.25) is 0 Å². The van der Waals surface area contributed by atoms with E-state index in [4.69, 9.17) is 9.72 Å². The number of rotatable bonds is 6. The molecule has 4 aromatic carbocycles. The molecule has 5 heteroatoms. The molecule has 0 aliphatic carbocycles. The van der Waals surface area contributed by atoms with Crippen LogP contribution in [0, 0.1) is 0 Å². The van der Waals surface area contributed by atoms with Crippen LogP contribution in [0.3, 0.4) is 0 Å². The summed E-state index contributed by atoms with van der Waals surface area (Å²) in [6.07, 6.45) is 1.65. The van der Waals surface area contributed by atoms with E-state index >= 15 is 0 Å². The number of nitrogens with zero attached hydrogens (tertiary/aromatic N) is 3. The Morgan fingerprint density at radius 3 is 2.36 bits per heavy atom. The molecule has 0 N–H and O–H groups in total. The third-order valence-electron chi connectivity index (χ3n) is 5.21. The number of hydrogen-bond donors (Lipinski definition) is 0. The van der Waals surface area contributed by atoms with Crippen LogP contribution in [0.1, 0.15) is 11.1 Å². The zero-order valence-corrected chi connectivity index (χ0v) is 17.8. The van der Waals surface area contributed by atoms with Gasteiger partial charge in [-0.05, 0) is 35.4 Å². The van der Waals surface area contributed by atoms with E-state index in [2.05, 4.69) is 5.10 Å². The van der Waals surface area contributed by atoms with Crippen LogP contribution >= 0.6 is 0 Å². The third-order valence-corrected chi connectivity index (χ3v) is 5.21. The van der Waals surface area contributed by atoms with Crippen LogP contribution in [0.5, 0.6) is 5.75 Å². The summed E-state index contributed by atoms with van der Waals surface area (Å²) in [6.45, 7) is 0.480. The van der Waals surface area contributed by atoms with Gasteiger partial charge < -0.3 is 4.74 Å². The Balaban J connectivity index is 1.49. The molecule has 0 atom stereocenters. The van der Waals surface area contributed by atoms with E-state index < -0.39 is 0 Å². The Morgan fingerprint density at radius 2 is 1.55 bits per heavy atom. The van der Waals surface area contributed by atoms with E-state index in [0.717, 1.165) is 22.4 Å². The van der Waals surface area contributed by atoms with Crippen LogP contribution < -0.4 is 10.3 Å². The quantitative estimate of drug-likeness (QED) is 0.333. The molecule has 0 aliphatic heterocycles. The van der Waals surface area contributed by atoms with E-state index in [0.29, 0.717) is 23.3 Å². The normalized spacial score (nSPS) is 11.2. The lowest BCUT2D eigenvalue weighted by atomic mass is 10.2. The predicted molar refractivity (Wildman–Crippen MR) is 132 cm³/mol. The van der Waals surface area contributed by atoms with Gasteiger partial charge in [0, 0.05) is 5.56 Å². The summed E-state index contributed by atoms with van der Waals surface area (Å²) >= 11 is 0. The monoisotopic (exact) mass is 431 g/mol. The van der Waals surface area contributed by atoms with Crippen molar-refractivity contribution in [3.05, 3.63) is 131 Å². The van der Waals surface area contributed by atoms with E-state index in [1.807, 2.05) is 103 Å². The van der Waals surface area contributed by atoms with Crippen molar-refractivity contribution in [1.82, 2.24) is 9.66 Å². The topological polar surface area (TPSA) is 56.5 Å². The van der Waals surface area contributed by atoms with Gasteiger partial charge in [-0.3, -0.25) is 4.79 Å². The largest absolute Gasteiger partial charge is 0.489 e. The summed E-state index contributed by atoms with van der Waals surface area (Å²) in [4.78, 5) is 18.0. The molecule has 1 aromatic heterocycles. The highest BCUT2D eigenvalue weighted by Gasteiger charge is 2.12. The molecular weight excluding hydrogens is 410 g/mol. The molecule has 5 rings (SSSR count). The summed E-state index contributed by atoms with van der Waals surface area (Å²) in [5, 5.41) is 5.05. The summed E-state index contributed by atoms with van der Waals surface area (Å²) in [5.74, 6) is 1.22. The van der Waals surface area contributed by atoms with Crippen molar-refractivity contribution in [2.45, 2.75) is 6.61 Å². The highest BCUT2D eigenvalue weighted by molar-refractivity contribution is 5.82. The molecule has 0 spiro atoms. The zero-order valence-electron chi connectivity index (χ0n) is 17.8. The second-order valence-corrected chi connectivity index (χ2v) is 7.53. The number of benzene rings is 4. The zero-order chi connectivity index (χ0) is 22.5. The molecule has 160 valence electrons. The van der Waals surface area contributed by atoms with Crippen LogP contribution in [0.2, 0.25) is 0 Å². The summed E-state index contributed by atoms with van der Waals surface area (Å²) in [7, 11) is 0. The predicted octanol–water partition coefficient (Wildman–Crippen LogP) is 5.52. The average molecular weight is 431 g/mol. The minimum atomic E-state index is -0.216. The van der Waals surface area contributed by atoms with Gasteiger partial charge in [0.1, 0.15) is 12.4 Å².